The van der Waals surface area contributed by atoms with E-state index in [2.05, 4.69) is 10.3 Å². The molecule has 6 nitrogen and oxygen atoms in total. The molecule has 0 saturated carbocycles. The highest BCUT2D eigenvalue weighted by Crippen LogP contribution is 2.29. The van der Waals surface area contributed by atoms with Gasteiger partial charge in [-0.1, -0.05) is 17.7 Å². The monoisotopic (exact) mass is 332 g/mol. The molecule has 118 valence electrons. The van der Waals surface area contributed by atoms with Crippen LogP contribution in [0.2, 0.25) is 5.02 Å². The van der Waals surface area contributed by atoms with Crippen molar-refractivity contribution in [1.29, 1.82) is 0 Å². The number of hydrogen-bond donors (Lipinski definition) is 3. The first-order chi connectivity index (χ1) is 10.8. The quantitative estimate of drug-likeness (QED) is 0.730. The van der Waals surface area contributed by atoms with Crippen LogP contribution in [0.5, 0.6) is 5.75 Å². The highest BCUT2D eigenvalue weighted by molar-refractivity contribution is 6.30. The van der Waals surface area contributed by atoms with Gasteiger partial charge in [-0.3, -0.25) is 9.59 Å². The lowest BCUT2D eigenvalue weighted by Gasteiger charge is -2.11. The number of pyridine rings is 1. The Kier molecular flexibility index (Phi) is 4.90. The summed E-state index contributed by atoms with van der Waals surface area (Å²) >= 11 is 5.97. The summed E-state index contributed by atoms with van der Waals surface area (Å²) < 4.78 is 0. The smallest absolute Gasteiger partial charge is 0.317 e. The molecule has 1 aromatic carbocycles. The van der Waals surface area contributed by atoms with Crippen molar-refractivity contribution in [3.8, 4) is 16.9 Å². The van der Waals surface area contributed by atoms with Gasteiger partial charge in [-0.05, 0) is 36.2 Å². The minimum Gasteiger partial charge on any atom is -0.505 e. The van der Waals surface area contributed by atoms with Gasteiger partial charge in [0.2, 0.25) is 0 Å². The Balaban J connectivity index is 2.33. The van der Waals surface area contributed by atoms with E-state index in [0.29, 0.717) is 10.6 Å². The summed E-state index contributed by atoms with van der Waals surface area (Å²) in [5, 5.41) is 21.6. The first kappa shape index (κ1) is 16.8. The molecular weight excluding hydrogens is 318 g/mol. The molecule has 0 saturated heterocycles. The number of carboxylic acid groups (broad SMARTS) is 1. The lowest BCUT2D eigenvalue weighted by Crippen LogP contribution is -2.41. The number of hydrogen-bond acceptors (Lipinski definition) is 4. The van der Waals surface area contributed by atoms with Crippen LogP contribution in [0.25, 0.3) is 11.1 Å². The fourth-order valence-corrected chi connectivity index (χ4v) is 2.18. The van der Waals surface area contributed by atoms with E-state index in [1.54, 1.807) is 12.1 Å². The van der Waals surface area contributed by atoms with Crippen LogP contribution in [0.3, 0.4) is 0 Å². The number of aliphatic carboxylic acids is 1. The van der Waals surface area contributed by atoms with Crippen molar-refractivity contribution >= 4 is 31.3 Å². The van der Waals surface area contributed by atoms with Gasteiger partial charge in [0.1, 0.15) is 13.6 Å². The third-order valence-corrected chi connectivity index (χ3v) is 3.55. The number of carboxylic acids is 1. The van der Waals surface area contributed by atoms with Gasteiger partial charge in [-0.25, -0.2) is 4.98 Å². The van der Waals surface area contributed by atoms with E-state index in [0.717, 1.165) is 11.1 Å². The molecule has 2 rings (SSSR count). The summed E-state index contributed by atoms with van der Waals surface area (Å²) in [6.45, 7) is 1.89. The standard InChI is InChI=1S/C15H14BClN2O4/c1-7-2-3-9(17)5-10(7)8-4-11(20)12(18-6-8)14(21)19-13(16)15(22)23/h2-6,13,20H,16H2,1H3,(H,19,21)(H,22,23). The summed E-state index contributed by atoms with van der Waals surface area (Å²) in [5.41, 5.74) is 2.09. The van der Waals surface area contributed by atoms with Crippen LogP contribution in [0.15, 0.2) is 30.5 Å². The maximum absolute atomic E-state index is 11.9. The van der Waals surface area contributed by atoms with Crippen LogP contribution < -0.4 is 5.32 Å². The zero-order valence-corrected chi connectivity index (χ0v) is 13.3. The Hall–Kier alpha value is -2.54. The van der Waals surface area contributed by atoms with Gasteiger partial charge in [-0.2, -0.15) is 0 Å². The molecule has 1 unspecified atom stereocenters. The van der Waals surface area contributed by atoms with Gasteiger partial charge in [0.15, 0.2) is 5.69 Å². The van der Waals surface area contributed by atoms with Crippen LogP contribution in [-0.2, 0) is 4.79 Å². The number of carbonyl (C=O) groups excluding carboxylic acids is 1. The van der Waals surface area contributed by atoms with Crippen molar-refractivity contribution in [1.82, 2.24) is 10.3 Å². The van der Waals surface area contributed by atoms with Crippen LogP contribution in [0.4, 0.5) is 0 Å². The van der Waals surface area contributed by atoms with Crippen LogP contribution in [0, 0.1) is 6.92 Å². The molecular formula is C15H14BClN2O4. The number of rotatable bonds is 4. The molecule has 0 aliphatic heterocycles. The number of aromatic hydroxyl groups is 1. The zero-order valence-electron chi connectivity index (χ0n) is 12.5. The molecule has 0 spiro atoms. The number of halogens is 1. The molecule has 1 atom stereocenters. The molecule has 1 amide bonds. The van der Waals surface area contributed by atoms with Crippen molar-refractivity contribution in [2.75, 3.05) is 0 Å². The first-order valence-electron chi connectivity index (χ1n) is 6.79. The number of amides is 1. The molecule has 2 aromatic rings. The van der Waals surface area contributed by atoms with Crippen LogP contribution in [0.1, 0.15) is 16.1 Å². The first-order valence-corrected chi connectivity index (χ1v) is 7.16. The Morgan fingerprint density at radius 2 is 2.04 bits per heavy atom. The van der Waals surface area contributed by atoms with Crippen molar-refractivity contribution in [3.63, 3.8) is 0 Å². The van der Waals surface area contributed by atoms with Gasteiger partial charge >= 0.3 is 5.97 Å². The second kappa shape index (κ2) is 6.70. The van der Waals surface area contributed by atoms with Crippen molar-refractivity contribution in [3.05, 3.63) is 46.7 Å². The Morgan fingerprint density at radius 1 is 1.35 bits per heavy atom. The number of aromatic nitrogens is 1. The van der Waals surface area contributed by atoms with Gasteiger partial charge < -0.3 is 15.5 Å². The van der Waals surface area contributed by atoms with E-state index >= 15 is 0 Å². The summed E-state index contributed by atoms with van der Waals surface area (Å²) in [5.74, 6) is -3.36. The van der Waals surface area contributed by atoms with Crippen molar-refractivity contribution in [2.45, 2.75) is 12.9 Å². The lowest BCUT2D eigenvalue weighted by molar-refractivity contribution is -0.137. The second-order valence-corrected chi connectivity index (χ2v) is 5.52. The third kappa shape index (κ3) is 3.81. The molecule has 0 aliphatic carbocycles. The van der Waals surface area contributed by atoms with Crippen LogP contribution in [-0.4, -0.2) is 40.9 Å². The third-order valence-electron chi connectivity index (χ3n) is 3.31. The van der Waals surface area contributed by atoms with E-state index < -0.39 is 17.8 Å². The summed E-state index contributed by atoms with van der Waals surface area (Å²) in [6.07, 6.45) is 1.43. The molecule has 0 aliphatic rings. The summed E-state index contributed by atoms with van der Waals surface area (Å²) in [4.78, 5) is 26.6. The molecule has 1 heterocycles. The van der Waals surface area contributed by atoms with Gasteiger partial charge in [-0.15, -0.1) is 0 Å². The summed E-state index contributed by atoms with van der Waals surface area (Å²) in [6, 6.07) is 6.72. The Morgan fingerprint density at radius 3 is 2.65 bits per heavy atom. The Labute approximate surface area is 138 Å². The highest BCUT2D eigenvalue weighted by atomic mass is 35.5. The molecule has 3 N–H and O–H groups in total. The highest BCUT2D eigenvalue weighted by Gasteiger charge is 2.19. The largest absolute Gasteiger partial charge is 0.505 e. The van der Waals surface area contributed by atoms with E-state index in [9.17, 15) is 14.7 Å². The number of nitrogens with zero attached hydrogens (tertiary/aromatic N) is 1. The molecule has 0 radical (unpaired) electrons. The topological polar surface area (TPSA) is 99.5 Å². The molecule has 1 aromatic heterocycles. The lowest BCUT2D eigenvalue weighted by atomic mass is 9.96. The van der Waals surface area contributed by atoms with Crippen molar-refractivity contribution < 1.29 is 19.8 Å². The molecule has 8 heteroatoms. The number of aryl methyl sites for hydroxylation is 1. The maximum atomic E-state index is 11.9. The number of nitrogens with one attached hydrogen (secondary N) is 1. The van der Waals surface area contributed by atoms with Gasteiger partial charge in [0.05, 0.1) is 5.94 Å². The predicted octanol–water partition coefficient (Wildman–Crippen LogP) is 1.19. The average molecular weight is 333 g/mol. The van der Waals surface area contributed by atoms with E-state index in [1.807, 2.05) is 13.0 Å². The van der Waals surface area contributed by atoms with E-state index in [1.165, 1.54) is 20.1 Å². The predicted molar refractivity (Wildman–Crippen MR) is 88.5 cm³/mol. The normalized spacial score (nSPS) is 11.7. The van der Waals surface area contributed by atoms with Gasteiger partial charge in [0.25, 0.3) is 5.91 Å². The van der Waals surface area contributed by atoms with Gasteiger partial charge in [0, 0.05) is 16.8 Å². The van der Waals surface area contributed by atoms with E-state index in [4.69, 9.17) is 16.7 Å². The van der Waals surface area contributed by atoms with Crippen molar-refractivity contribution in [2.24, 2.45) is 0 Å². The molecule has 23 heavy (non-hydrogen) atoms. The summed E-state index contributed by atoms with van der Waals surface area (Å²) in [7, 11) is 1.32. The fourth-order valence-electron chi connectivity index (χ4n) is 2.01. The zero-order chi connectivity index (χ0) is 17.1. The minimum absolute atomic E-state index is 0.235. The SMILES string of the molecule is BC(NC(=O)c1ncc(-c2cc(Cl)ccc2C)cc1O)C(=O)O. The van der Waals surface area contributed by atoms with Crippen LogP contribution >= 0.6 is 11.6 Å². The average Bonchev–Trinajstić information content (AvgIpc) is 2.49. The fraction of sp³-hybridized carbons (Fsp3) is 0.133. The minimum atomic E-state index is -1.18. The molecule has 0 fully saturated rings. The van der Waals surface area contributed by atoms with E-state index in [-0.39, 0.29) is 11.4 Å². The number of carbonyl (C=O) groups is 2. The Bertz CT molecular complexity index is 782. The maximum Gasteiger partial charge on any atom is 0.317 e. The number of benzene rings is 1. The second-order valence-electron chi connectivity index (χ2n) is 5.08. The molecule has 0 bridgehead atoms.